The van der Waals surface area contributed by atoms with Gasteiger partial charge in [0.25, 0.3) is 0 Å². The first-order valence-electron chi connectivity index (χ1n) is 8.95. The Kier molecular flexibility index (Phi) is 7.39. The average molecular weight is 487 g/mol. The second-order valence-electron chi connectivity index (χ2n) is 6.35. The van der Waals surface area contributed by atoms with Crippen molar-refractivity contribution in [2.75, 3.05) is 16.8 Å². The fourth-order valence-corrected chi connectivity index (χ4v) is 5.94. The third-order valence-corrected chi connectivity index (χ3v) is 7.93. The lowest BCUT2D eigenvalue weighted by molar-refractivity contribution is -0.137. The van der Waals surface area contributed by atoms with Crippen molar-refractivity contribution in [3.8, 4) is 0 Å². The number of hydrogen-bond acceptors (Lipinski definition) is 6. The van der Waals surface area contributed by atoms with Crippen LogP contribution in [0.4, 0.5) is 18.9 Å². The lowest BCUT2D eigenvalue weighted by atomic mass is 10.2. The Labute approximate surface area is 185 Å². The minimum absolute atomic E-state index is 0.0589. The third-order valence-electron chi connectivity index (χ3n) is 4.07. The summed E-state index contributed by atoms with van der Waals surface area (Å²) in [5.41, 5.74) is -0.563. The van der Waals surface area contributed by atoms with Crippen LogP contribution < -0.4 is 5.32 Å². The normalized spacial score (nSPS) is 12.0. The molecule has 0 aliphatic carbocycles. The number of thiophene rings is 1. The summed E-state index contributed by atoms with van der Waals surface area (Å²) in [5.74, 6) is -0.546. The molecule has 0 fully saturated rings. The highest BCUT2D eigenvalue weighted by Crippen LogP contribution is 2.31. The molecule has 5 nitrogen and oxygen atoms in total. The SMILES string of the molecule is O=C(Cc1cccs1)Nc1cccnc1SCCS(=O)(=O)c1cccc(C(F)(F)F)c1. The molecule has 0 bridgehead atoms. The Morgan fingerprint density at radius 3 is 2.65 bits per heavy atom. The number of nitrogens with zero attached hydrogens (tertiary/aromatic N) is 1. The Morgan fingerprint density at radius 1 is 1.13 bits per heavy atom. The van der Waals surface area contributed by atoms with E-state index in [2.05, 4.69) is 10.3 Å². The smallest absolute Gasteiger partial charge is 0.323 e. The van der Waals surface area contributed by atoms with Gasteiger partial charge in [0.05, 0.1) is 28.3 Å². The van der Waals surface area contributed by atoms with Crippen molar-refractivity contribution in [1.29, 1.82) is 0 Å². The van der Waals surface area contributed by atoms with Crippen LogP contribution in [0.5, 0.6) is 0 Å². The molecule has 164 valence electrons. The number of carbonyl (C=O) groups excluding carboxylic acids is 1. The van der Waals surface area contributed by atoms with Gasteiger partial charge >= 0.3 is 6.18 Å². The van der Waals surface area contributed by atoms with Crippen molar-refractivity contribution in [3.63, 3.8) is 0 Å². The molecule has 1 aromatic carbocycles. The van der Waals surface area contributed by atoms with E-state index in [1.807, 2.05) is 17.5 Å². The summed E-state index contributed by atoms with van der Waals surface area (Å²) in [6, 6.07) is 10.7. The molecule has 0 saturated carbocycles. The van der Waals surface area contributed by atoms with E-state index in [-0.39, 0.29) is 28.7 Å². The number of pyridine rings is 1. The molecule has 0 spiro atoms. The van der Waals surface area contributed by atoms with Crippen LogP contribution in [0.3, 0.4) is 0 Å². The summed E-state index contributed by atoms with van der Waals surface area (Å²) in [6.45, 7) is 0. The fraction of sp³-hybridized carbons (Fsp3) is 0.200. The molecule has 0 saturated heterocycles. The zero-order valence-corrected chi connectivity index (χ0v) is 18.4. The maximum Gasteiger partial charge on any atom is 0.416 e. The number of amides is 1. The van der Waals surface area contributed by atoms with Crippen LogP contribution in [-0.4, -0.2) is 30.8 Å². The van der Waals surface area contributed by atoms with E-state index in [0.29, 0.717) is 16.8 Å². The molecule has 2 heterocycles. The van der Waals surface area contributed by atoms with Gasteiger partial charge in [0, 0.05) is 16.8 Å². The highest BCUT2D eigenvalue weighted by atomic mass is 32.2. The van der Waals surface area contributed by atoms with Gasteiger partial charge < -0.3 is 5.32 Å². The molecule has 11 heteroatoms. The zero-order chi connectivity index (χ0) is 22.5. The van der Waals surface area contributed by atoms with Crippen LogP contribution in [0.15, 0.2) is 70.0 Å². The van der Waals surface area contributed by atoms with Gasteiger partial charge in [-0.05, 0) is 41.8 Å². The summed E-state index contributed by atoms with van der Waals surface area (Å²) >= 11 is 2.57. The van der Waals surface area contributed by atoms with Gasteiger partial charge in [0.15, 0.2) is 9.84 Å². The number of aromatic nitrogens is 1. The monoisotopic (exact) mass is 486 g/mol. The molecular formula is C20H17F3N2O3S3. The number of nitrogens with one attached hydrogen (secondary N) is 1. The maximum atomic E-state index is 12.9. The van der Waals surface area contributed by atoms with Crippen LogP contribution in [-0.2, 0) is 27.2 Å². The summed E-state index contributed by atoms with van der Waals surface area (Å²) in [4.78, 5) is 16.9. The minimum Gasteiger partial charge on any atom is -0.323 e. The van der Waals surface area contributed by atoms with Gasteiger partial charge in [-0.15, -0.1) is 23.1 Å². The molecule has 1 N–H and O–H groups in total. The van der Waals surface area contributed by atoms with E-state index >= 15 is 0 Å². The van der Waals surface area contributed by atoms with Crippen molar-refractivity contribution < 1.29 is 26.4 Å². The molecule has 3 rings (SSSR count). The quantitative estimate of drug-likeness (QED) is 0.458. The van der Waals surface area contributed by atoms with Gasteiger partial charge in [0.1, 0.15) is 5.03 Å². The number of thioether (sulfide) groups is 1. The first kappa shape index (κ1) is 23.3. The number of hydrogen-bond donors (Lipinski definition) is 1. The first-order valence-corrected chi connectivity index (χ1v) is 12.5. The summed E-state index contributed by atoms with van der Waals surface area (Å²) < 4.78 is 63.5. The molecule has 3 aromatic rings. The number of rotatable bonds is 8. The molecule has 0 radical (unpaired) electrons. The van der Waals surface area contributed by atoms with Gasteiger partial charge in [-0.25, -0.2) is 13.4 Å². The van der Waals surface area contributed by atoms with E-state index in [0.717, 1.165) is 34.8 Å². The molecule has 31 heavy (non-hydrogen) atoms. The third kappa shape index (κ3) is 6.55. The Balaban J connectivity index is 1.63. The zero-order valence-electron chi connectivity index (χ0n) is 15.9. The summed E-state index contributed by atoms with van der Waals surface area (Å²) in [6.07, 6.45) is -2.90. The van der Waals surface area contributed by atoms with Crippen molar-refractivity contribution in [1.82, 2.24) is 4.98 Å². The maximum absolute atomic E-state index is 12.9. The van der Waals surface area contributed by atoms with E-state index in [9.17, 15) is 26.4 Å². The van der Waals surface area contributed by atoms with Gasteiger partial charge in [0.2, 0.25) is 5.91 Å². The van der Waals surface area contributed by atoms with Crippen molar-refractivity contribution >= 4 is 44.5 Å². The lowest BCUT2D eigenvalue weighted by Gasteiger charge is -2.11. The Morgan fingerprint density at radius 2 is 1.94 bits per heavy atom. The van der Waals surface area contributed by atoms with E-state index < -0.39 is 21.6 Å². The van der Waals surface area contributed by atoms with Crippen molar-refractivity contribution in [2.45, 2.75) is 22.5 Å². The number of carbonyl (C=O) groups is 1. The molecule has 0 unspecified atom stereocenters. The molecule has 0 atom stereocenters. The lowest BCUT2D eigenvalue weighted by Crippen LogP contribution is -2.15. The van der Waals surface area contributed by atoms with Crippen LogP contribution >= 0.6 is 23.1 Å². The van der Waals surface area contributed by atoms with Crippen LogP contribution in [0.2, 0.25) is 0 Å². The van der Waals surface area contributed by atoms with Gasteiger partial charge in [-0.3, -0.25) is 4.79 Å². The minimum atomic E-state index is -4.62. The summed E-state index contributed by atoms with van der Waals surface area (Å²) in [7, 11) is -3.92. The molecule has 1 amide bonds. The van der Waals surface area contributed by atoms with Crippen LogP contribution in [0.1, 0.15) is 10.4 Å². The second-order valence-corrected chi connectivity index (χ2v) is 10.6. The topological polar surface area (TPSA) is 76.1 Å². The second kappa shape index (κ2) is 9.84. The van der Waals surface area contributed by atoms with Gasteiger partial charge in [-0.1, -0.05) is 12.1 Å². The molecular weight excluding hydrogens is 469 g/mol. The molecule has 2 aromatic heterocycles. The van der Waals surface area contributed by atoms with E-state index in [1.54, 1.807) is 12.1 Å². The van der Waals surface area contributed by atoms with Crippen molar-refractivity contribution in [2.24, 2.45) is 0 Å². The Bertz CT molecular complexity index is 1150. The Hall–Kier alpha value is -2.37. The van der Waals surface area contributed by atoms with E-state index in [4.69, 9.17) is 0 Å². The number of anilines is 1. The number of benzene rings is 1. The fourth-order valence-electron chi connectivity index (χ4n) is 2.60. The van der Waals surface area contributed by atoms with Crippen LogP contribution in [0, 0.1) is 0 Å². The molecule has 0 aliphatic heterocycles. The number of sulfone groups is 1. The standard InChI is InChI=1S/C20H17F3N2O3S3/c21-20(22,23)14-4-1-6-16(12-14)31(27,28)11-10-30-19-17(7-2-8-24-19)25-18(26)13-15-5-3-9-29-15/h1-9,12H,10-11,13H2,(H,25,26). The van der Waals surface area contributed by atoms with Crippen LogP contribution in [0.25, 0.3) is 0 Å². The van der Waals surface area contributed by atoms with Gasteiger partial charge in [-0.2, -0.15) is 13.2 Å². The first-order chi connectivity index (χ1) is 14.6. The predicted molar refractivity (Wildman–Crippen MR) is 115 cm³/mol. The highest BCUT2D eigenvalue weighted by molar-refractivity contribution is 8.00. The number of alkyl halides is 3. The van der Waals surface area contributed by atoms with Crippen molar-refractivity contribution in [3.05, 3.63) is 70.5 Å². The summed E-state index contributed by atoms with van der Waals surface area (Å²) in [5, 5.41) is 5.07. The highest BCUT2D eigenvalue weighted by Gasteiger charge is 2.31. The average Bonchev–Trinajstić information content (AvgIpc) is 3.21. The molecule has 0 aliphatic rings. The number of halogens is 3. The van der Waals surface area contributed by atoms with E-state index in [1.165, 1.54) is 17.5 Å². The largest absolute Gasteiger partial charge is 0.416 e. The predicted octanol–water partition coefficient (Wildman–Crippen LogP) is 4.91.